The van der Waals surface area contributed by atoms with E-state index in [-0.39, 0.29) is 0 Å². The van der Waals surface area contributed by atoms with Crippen LogP contribution in [0, 0.1) is 0 Å². The predicted octanol–water partition coefficient (Wildman–Crippen LogP) is 1.33. The van der Waals surface area contributed by atoms with Crippen LogP contribution >= 0.6 is 0 Å². The highest BCUT2D eigenvalue weighted by Gasteiger charge is 1.96. The van der Waals surface area contributed by atoms with Crippen LogP contribution in [-0.4, -0.2) is 20.4 Å². The zero-order valence-corrected chi connectivity index (χ0v) is 7.24. The SMILES string of the molecule is CN=Cc1ccc(OC)cc1N. The van der Waals surface area contributed by atoms with Gasteiger partial charge in [0.15, 0.2) is 0 Å². The Bertz CT molecular complexity index is 295. The first-order chi connectivity index (χ1) is 5.77. The summed E-state index contributed by atoms with van der Waals surface area (Å²) in [5.41, 5.74) is 7.31. The minimum atomic E-state index is 0.681. The van der Waals surface area contributed by atoms with Crippen LogP contribution in [0.1, 0.15) is 5.56 Å². The van der Waals surface area contributed by atoms with Gasteiger partial charge in [-0.3, -0.25) is 4.99 Å². The summed E-state index contributed by atoms with van der Waals surface area (Å²) in [4.78, 5) is 3.88. The summed E-state index contributed by atoms with van der Waals surface area (Å²) in [5, 5.41) is 0. The van der Waals surface area contributed by atoms with Gasteiger partial charge in [-0.2, -0.15) is 0 Å². The monoisotopic (exact) mass is 164 g/mol. The Balaban J connectivity index is 3.03. The molecule has 0 aromatic heterocycles. The van der Waals surface area contributed by atoms with E-state index in [1.807, 2.05) is 12.1 Å². The molecule has 0 aliphatic heterocycles. The molecular formula is C9H12N2O. The van der Waals surface area contributed by atoms with Gasteiger partial charge in [0.1, 0.15) is 5.75 Å². The molecule has 3 nitrogen and oxygen atoms in total. The second-order valence-electron chi connectivity index (χ2n) is 2.38. The van der Waals surface area contributed by atoms with Crippen LogP contribution in [0.2, 0.25) is 0 Å². The number of anilines is 1. The number of nitrogen functional groups attached to an aromatic ring is 1. The largest absolute Gasteiger partial charge is 0.497 e. The number of aliphatic imine (C=N–C) groups is 1. The Labute approximate surface area is 71.9 Å². The van der Waals surface area contributed by atoms with Gasteiger partial charge < -0.3 is 10.5 Å². The molecular weight excluding hydrogens is 152 g/mol. The number of nitrogens with zero attached hydrogens (tertiary/aromatic N) is 1. The van der Waals surface area contributed by atoms with Crippen molar-refractivity contribution in [1.29, 1.82) is 0 Å². The zero-order valence-electron chi connectivity index (χ0n) is 7.24. The summed E-state index contributed by atoms with van der Waals surface area (Å²) in [7, 11) is 3.33. The predicted molar refractivity (Wildman–Crippen MR) is 50.9 cm³/mol. The zero-order chi connectivity index (χ0) is 8.97. The van der Waals surface area contributed by atoms with Crippen molar-refractivity contribution in [3.05, 3.63) is 23.8 Å². The highest BCUT2D eigenvalue weighted by molar-refractivity contribution is 5.87. The number of rotatable bonds is 2. The van der Waals surface area contributed by atoms with Crippen molar-refractivity contribution in [2.24, 2.45) is 4.99 Å². The van der Waals surface area contributed by atoms with E-state index >= 15 is 0 Å². The van der Waals surface area contributed by atoms with Gasteiger partial charge in [0.05, 0.1) is 7.11 Å². The standard InChI is InChI=1S/C9H12N2O/c1-11-6-7-3-4-8(12-2)5-9(7)10/h3-6H,10H2,1-2H3. The number of hydrogen-bond acceptors (Lipinski definition) is 3. The van der Waals surface area contributed by atoms with Crippen molar-refractivity contribution < 1.29 is 4.74 Å². The topological polar surface area (TPSA) is 47.6 Å². The first kappa shape index (κ1) is 8.59. The molecule has 0 saturated carbocycles. The van der Waals surface area contributed by atoms with Crippen LogP contribution in [-0.2, 0) is 0 Å². The smallest absolute Gasteiger partial charge is 0.120 e. The maximum absolute atomic E-state index is 5.71. The van der Waals surface area contributed by atoms with Crippen molar-refractivity contribution in [2.45, 2.75) is 0 Å². The Kier molecular flexibility index (Phi) is 2.69. The third-order valence-corrected chi connectivity index (χ3v) is 1.56. The molecule has 0 heterocycles. The Morgan fingerprint density at radius 2 is 2.25 bits per heavy atom. The normalized spacial score (nSPS) is 10.5. The fourth-order valence-corrected chi connectivity index (χ4v) is 0.936. The fraction of sp³-hybridized carbons (Fsp3) is 0.222. The molecule has 0 aliphatic rings. The van der Waals surface area contributed by atoms with Gasteiger partial charge >= 0.3 is 0 Å². The Hall–Kier alpha value is -1.51. The van der Waals surface area contributed by atoms with Crippen LogP contribution in [0.25, 0.3) is 0 Å². The molecule has 0 bridgehead atoms. The van der Waals surface area contributed by atoms with Crippen molar-refractivity contribution in [2.75, 3.05) is 19.9 Å². The number of ether oxygens (including phenoxy) is 1. The highest BCUT2D eigenvalue weighted by Crippen LogP contribution is 2.17. The molecule has 0 saturated heterocycles. The van der Waals surface area contributed by atoms with Gasteiger partial charge in [-0.1, -0.05) is 0 Å². The summed E-state index contributed by atoms with van der Waals surface area (Å²) in [6, 6.07) is 5.51. The average Bonchev–Trinajstić information content (AvgIpc) is 2.09. The molecule has 3 heteroatoms. The summed E-state index contributed by atoms with van der Waals surface area (Å²) in [6.07, 6.45) is 1.72. The van der Waals surface area contributed by atoms with Crippen molar-refractivity contribution in [3.8, 4) is 5.75 Å². The lowest BCUT2D eigenvalue weighted by atomic mass is 10.2. The quantitative estimate of drug-likeness (QED) is 0.529. The molecule has 12 heavy (non-hydrogen) atoms. The van der Waals surface area contributed by atoms with Crippen molar-refractivity contribution in [1.82, 2.24) is 0 Å². The molecule has 1 aromatic rings. The lowest BCUT2D eigenvalue weighted by Crippen LogP contribution is -1.94. The first-order valence-corrected chi connectivity index (χ1v) is 3.63. The van der Waals surface area contributed by atoms with E-state index < -0.39 is 0 Å². The Morgan fingerprint density at radius 1 is 1.50 bits per heavy atom. The number of methoxy groups -OCH3 is 1. The van der Waals surface area contributed by atoms with E-state index in [1.165, 1.54) is 0 Å². The molecule has 1 aromatic carbocycles. The van der Waals surface area contributed by atoms with Gasteiger partial charge in [-0.05, 0) is 12.1 Å². The third-order valence-electron chi connectivity index (χ3n) is 1.56. The number of nitrogens with two attached hydrogens (primary N) is 1. The number of hydrogen-bond donors (Lipinski definition) is 1. The molecule has 2 N–H and O–H groups in total. The summed E-state index contributed by atoms with van der Waals surface area (Å²) in [6.45, 7) is 0. The van der Waals surface area contributed by atoms with Crippen molar-refractivity contribution in [3.63, 3.8) is 0 Å². The third kappa shape index (κ3) is 1.75. The highest BCUT2D eigenvalue weighted by atomic mass is 16.5. The van der Waals surface area contributed by atoms with E-state index in [9.17, 15) is 0 Å². The summed E-state index contributed by atoms with van der Waals surface area (Å²) < 4.78 is 5.00. The maximum Gasteiger partial charge on any atom is 0.120 e. The minimum Gasteiger partial charge on any atom is -0.497 e. The first-order valence-electron chi connectivity index (χ1n) is 3.63. The fourth-order valence-electron chi connectivity index (χ4n) is 0.936. The average molecular weight is 164 g/mol. The second-order valence-corrected chi connectivity index (χ2v) is 2.38. The van der Waals surface area contributed by atoms with Gasteiger partial charge in [0.2, 0.25) is 0 Å². The van der Waals surface area contributed by atoms with Crippen molar-refractivity contribution >= 4 is 11.9 Å². The molecule has 64 valence electrons. The second kappa shape index (κ2) is 3.76. The molecule has 0 amide bonds. The molecule has 0 aliphatic carbocycles. The summed E-state index contributed by atoms with van der Waals surface area (Å²) >= 11 is 0. The maximum atomic E-state index is 5.71. The van der Waals surface area contributed by atoms with Gasteiger partial charge in [-0.25, -0.2) is 0 Å². The molecule has 1 rings (SSSR count). The molecule has 0 atom stereocenters. The van der Waals surface area contributed by atoms with Crippen LogP contribution in [0.5, 0.6) is 5.75 Å². The Morgan fingerprint density at radius 3 is 2.75 bits per heavy atom. The van der Waals surface area contributed by atoms with Gasteiger partial charge in [-0.15, -0.1) is 0 Å². The van der Waals surface area contributed by atoms with Gasteiger partial charge in [0, 0.05) is 30.6 Å². The van der Waals surface area contributed by atoms with Crippen LogP contribution in [0.15, 0.2) is 23.2 Å². The summed E-state index contributed by atoms with van der Waals surface area (Å²) in [5.74, 6) is 0.765. The number of benzene rings is 1. The molecule has 0 unspecified atom stereocenters. The molecule has 0 radical (unpaired) electrons. The van der Waals surface area contributed by atoms with Crippen LogP contribution in [0.4, 0.5) is 5.69 Å². The van der Waals surface area contributed by atoms with E-state index in [2.05, 4.69) is 4.99 Å². The van der Waals surface area contributed by atoms with E-state index in [1.54, 1.807) is 26.4 Å². The van der Waals surface area contributed by atoms with Gasteiger partial charge in [0.25, 0.3) is 0 Å². The van der Waals surface area contributed by atoms with E-state index in [0.29, 0.717) is 5.69 Å². The van der Waals surface area contributed by atoms with Crippen LogP contribution < -0.4 is 10.5 Å². The lowest BCUT2D eigenvalue weighted by Gasteiger charge is -2.02. The molecule has 0 fully saturated rings. The van der Waals surface area contributed by atoms with E-state index in [4.69, 9.17) is 10.5 Å². The minimum absolute atomic E-state index is 0.681. The van der Waals surface area contributed by atoms with E-state index in [0.717, 1.165) is 11.3 Å². The lowest BCUT2D eigenvalue weighted by molar-refractivity contribution is 0.415. The van der Waals surface area contributed by atoms with Crippen LogP contribution in [0.3, 0.4) is 0 Å². The molecule has 0 spiro atoms.